The second-order valence-electron chi connectivity index (χ2n) is 9.04. The Morgan fingerprint density at radius 1 is 1.00 bits per heavy atom. The number of rotatable bonds is 5. The van der Waals surface area contributed by atoms with Crippen LogP contribution >= 0.6 is 0 Å². The van der Waals surface area contributed by atoms with Crippen molar-refractivity contribution in [2.45, 2.75) is 32.6 Å². The summed E-state index contributed by atoms with van der Waals surface area (Å²) in [6.45, 7) is 6.41. The maximum atomic E-state index is 13.1. The number of hydrogen-bond donors (Lipinski definition) is 3. The second-order valence-corrected chi connectivity index (χ2v) is 9.04. The van der Waals surface area contributed by atoms with Crippen molar-refractivity contribution >= 4 is 23.2 Å². The van der Waals surface area contributed by atoms with Crippen molar-refractivity contribution in [3.05, 3.63) is 64.5 Å². The van der Waals surface area contributed by atoms with Crippen molar-refractivity contribution in [3.8, 4) is 22.6 Å². The second kappa shape index (κ2) is 9.03. The van der Waals surface area contributed by atoms with Gasteiger partial charge in [-0.25, -0.2) is 0 Å². The van der Waals surface area contributed by atoms with Crippen molar-refractivity contribution in [3.63, 3.8) is 0 Å². The average Bonchev–Trinajstić information content (AvgIpc) is 3.33. The first-order valence-corrected chi connectivity index (χ1v) is 11.8. The van der Waals surface area contributed by atoms with Gasteiger partial charge in [0.15, 0.2) is 11.5 Å². The summed E-state index contributed by atoms with van der Waals surface area (Å²) in [5, 5.41) is 6.50. The predicted molar refractivity (Wildman–Crippen MR) is 137 cm³/mol. The van der Waals surface area contributed by atoms with Crippen LogP contribution in [0.25, 0.3) is 22.8 Å². The van der Waals surface area contributed by atoms with Gasteiger partial charge in [0.25, 0.3) is 5.91 Å². The summed E-state index contributed by atoms with van der Waals surface area (Å²) in [7, 11) is 3.25. The number of benzene rings is 2. The molecule has 1 amide bonds. The van der Waals surface area contributed by atoms with Gasteiger partial charge in [0.1, 0.15) is 0 Å². The summed E-state index contributed by atoms with van der Waals surface area (Å²) in [5.74, 6) is 1.80. The molecule has 0 saturated carbocycles. The summed E-state index contributed by atoms with van der Waals surface area (Å²) in [6, 6.07) is 11.8. The Hall–Kier alpha value is -3.51. The molecule has 6 nitrogen and oxygen atoms in total. The van der Waals surface area contributed by atoms with Gasteiger partial charge in [-0.05, 0) is 92.2 Å². The summed E-state index contributed by atoms with van der Waals surface area (Å²) >= 11 is 0. The van der Waals surface area contributed by atoms with Crippen LogP contribution in [0, 0.1) is 13.8 Å². The monoisotopic (exact) mass is 457 g/mol. The van der Waals surface area contributed by atoms with Crippen LogP contribution in [0.4, 0.5) is 5.69 Å². The maximum absolute atomic E-state index is 13.1. The van der Waals surface area contributed by atoms with Crippen LogP contribution in [-0.4, -0.2) is 38.2 Å². The van der Waals surface area contributed by atoms with Crippen LogP contribution in [0.2, 0.25) is 0 Å². The molecule has 3 N–H and O–H groups in total. The highest BCUT2D eigenvalue weighted by molar-refractivity contribution is 6.36. The molecule has 1 aromatic heterocycles. The molecule has 3 aromatic rings. The van der Waals surface area contributed by atoms with E-state index < -0.39 is 0 Å². The summed E-state index contributed by atoms with van der Waals surface area (Å²) < 4.78 is 10.9. The van der Waals surface area contributed by atoms with Crippen molar-refractivity contribution in [1.29, 1.82) is 0 Å². The SMILES string of the molecule is COc1ccc(-c2cccc3c2C(=Cc2[nH]c(C)c(C4CCNCC4)c2C)C(=O)N3)cc1OC. The molecule has 2 aliphatic heterocycles. The number of hydrogen-bond acceptors (Lipinski definition) is 4. The van der Waals surface area contributed by atoms with Gasteiger partial charge in [0.2, 0.25) is 0 Å². The Kier molecular flexibility index (Phi) is 5.92. The number of H-pyrrole nitrogens is 1. The highest BCUT2D eigenvalue weighted by Gasteiger charge is 2.29. The standard InChI is InChI=1S/C28H31N3O3/c1-16-23(30-17(2)26(16)18-10-12-29-13-11-18)15-21-27-20(6-5-7-22(27)31-28(21)32)19-8-9-24(33-3)25(14-19)34-4/h5-9,14-15,18,29-30H,10-13H2,1-4H3,(H,31,32). The lowest BCUT2D eigenvalue weighted by atomic mass is 9.87. The molecular weight excluding hydrogens is 426 g/mol. The lowest BCUT2D eigenvalue weighted by Gasteiger charge is -2.23. The fourth-order valence-electron chi connectivity index (χ4n) is 5.43. The van der Waals surface area contributed by atoms with Crippen LogP contribution in [-0.2, 0) is 4.79 Å². The van der Waals surface area contributed by atoms with Gasteiger partial charge in [0, 0.05) is 22.6 Å². The van der Waals surface area contributed by atoms with E-state index in [0.717, 1.165) is 54.0 Å². The molecule has 6 heteroatoms. The Morgan fingerprint density at radius 2 is 1.76 bits per heavy atom. The lowest BCUT2D eigenvalue weighted by molar-refractivity contribution is -0.110. The van der Waals surface area contributed by atoms with Crippen molar-refractivity contribution in [1.82, 2.24) is 10.3 Å². The molecule has 2 aliphatic rings. The largest absolute Gasteiger partial charge is 0.493 e. The van der Waals surface area contributed by atoms with E-state index in [1.807, 2.05) is 42.5 Å². The number of aryl methyl sites for hydroxylation is 1. The number of anilines is 1. The Labute approximate surface area is 200 Å². The Bertz CT molecular complexity index is 1280. The third-order valence-electron chi connectivity index (χ3n) is 7.09. The van der Waals surface area contributed by atoms with E-state index in [2.05, 4.69) is 29.5 Å². The number of amides is 1. The molecule has 5 rings (SSSR count). The molecule has 34 heavy (non-hydrogen) atoms. The third kappa shape index (κ3) is 3.78. The normalized spacial score (nSPS) is 17.1. The summed E-state index contributed by atoms with van der Waals surface area (Å²) in [6.07, 6.45) is 4.29. The first-order chi connectivity index (χ1) is 16.5. The molecule has 1 saturated heterocycles. The number of nitrogens with one attached hydrogen (secondary N) is 3. The van der Waals surface area contributed by atoms with Gasteiger partial charge >= 0.3 is 0 Å². The molecule has 0 atom stereocenters. The summed E-state index contributed by atoms with van der Waals surface area (Å²) in [4.78, 5) is 16.7. The van der Waals surface area contributed by atoms with E-state index in [-0.39, 0.29) is 5.91 Å². The number of aromatic amines is 1. The summed E-state index contributed by atoms with van der Waals surface area (Å²) in [5.41, 5.74) is 9.18. The number of methoxy groups -OCH3 is 2. The fraction of sp³-hybridized carbons (Fsp3) is 0.321. The van der Waals surface area contributed by atoms with Crippen LogP contribution in [0.1, 0.15) is 46.8 Å². The number of aromatic nitrogens is 1. The quantitative estimate of drug-likeness (QED) is 0.456. The van der Waals surface area contributed by atoms with E-state index in [9.17, 15) is 4.79 Å². The van der Waals surface area contributed by atoms with E-state index in [4.69, 9.17) is 9.47 Å². The van der Waals surface area contributed by atoms with Crippen LogP contribution < -0.4 is 20.1 Å². The van der Waals surface area contributed by atoms with Crippen LogP contribution in [0.3, 0.4) is 0 Å². The molecule has 0 bridgehead atoms. The van der Waals surface area contributed by atoms with Gasteiger partial charge in [0.05, 0.1) is 19.8 Å². The molecule has 0 aliphatic carbocycles. The first kappa shape index (κ1) is 22.3. The molecule has 0 unspecified atom stereocenters. The Balaban J connectivity index is 1.60. The third-order valence-corrected chi connectivity index (χ3v) is 7.09. The maximum Gasteiger partial charge on any atom is 0.256 e. The zero-order valence-electron chi connectivity index (χ0n) is 20.2. The zero-order chi connectivity index (χ0) is 23.8. The minimum atomic E-state index is -0.0852. The molecule has 0 spiro atoms. The fourth-order valence-corrected chi connectivity index (χ4v) is 5.43. The lowest BCUT2D eigenvalue weighted by Crippen LogP contribution is -2.27. The molecule has 2 aromatic carbocycles. The predicted octanol–water partition coefficient (Wildman–Crippen LogP) is 5.28. The van der Waals surface area contributed by atoms with Gasteiger partial charge in [-0.1, -0.05) is 18.2 Å². The van der Waals surface area contributed by atoms with Gasteiger partial charge in [-0.15, -0.1) is 0 Å². The zero-order valence-corrected chi connectivity index (χ0v) is 20.2. The topological polar surface area (TPSA) is 75.4 Å². The molecule has 1 fully saturated rings. The van der Waals surface area contributed by atoms with Crippen molar-refractivity contribution < 1.29 is 14.3 Å². The highest BCUT2D eigenvalue weighted by Crippen LogP contribution is 2.43. The first-order valence-electron chi connectivity index (χ1n) is 11.8. The molecule has 176 valence electrons. The smallest absolute Gasteiger partial charge is 0.256 e. The molecule has 0 radical (unpaired) electrons. The average molecular weight is 458 g/mol. The van der Waals surface area contributed by atoms with Crippen LogP contribution in [0.5, 0.6) is 11.5 Å². The molecular formula is C28H31N3O3. The van der Waals surface area contributed by atoms with E-state index >= 15 is 0 Å². The van der Waals surface area contributed by atoms with Gasteiger partial charge < -0.3 is 25.1 Å². The van der Waals surface area contributed by atoms with Gasteiger partial charge in [-0.3, -0.25) is 4.79 Å². The minimum Gasteiger partial charge on any atom is -0.493 e. The number of carbonyl (C=O) groups excluding carboxylic acids is 1. The number of piperidine rings is 1. The number of fused-ring (bicyclic) bond motifs is 1. The Morgan fingerprint density at radius 3 is 2.50 bits per heavy atom. The minimum absolute atomic E-state index is 0.0852. The van der Waals surface area contributed by atoms with E-state index in [1.165, 1.54) is 16.8 Å². The van der Waals surface area contributed by atoms with Crippen molar-refractivity contribution in [2.75, 3.05) is 32.6 Å². The number of ether oxygens (including phenoxy) is 2. The van der Waals surface area contributed by atoms with E-state index in [1.54, 1.807) is 14.2 Å². The number of carbonyl (C=O) groups is 1. The molecule has 3 heterocycles. The van der Waals surface area contributed by atoms with Gasteiger partial charge in [-0.2, -0.15) is 0 Å². The van der Waals surface area contributed by atoms with Crippen LogP contribution in [0.15, 0.2) is 36.4 Å². The highest BCUT2D eigenvalue weighted by atomic mass is 16.5. The van der Waals surface area contributed by atoms with Crippen molar-refractivity contribution in [2.24, 2.45) is 0 Å². The van der Waals surface area contributed by atoms with E-state index in [0.29, 0.717) is 23.0 Å².